The Morgan fingerprint density at radius 2 is 1.04 bits per heavy atom. The summed E-state index contributed by atoms with van der Waals surface area (Å²) in [5, 5.41) is 22.5. The first kappa shape index (κ1) is 34.0. The van der Waals surface area contributed by atoms with E-state index in [0.717, 1.165) is 44.8 Å². The topological polar surface area (TPSA) is 125 Å². The molecule has 0 spiro atoms. The standard InChI is InChI=1S/C21H17N3O2S.C19H13N3O2S/c1-2-26-20(25)19-14-27-21(22-19)24-12-11-18(23-24)17-10-6-9-16(13-17)15-7-4-3-5-8-15;23-18(24)17-12-25-19(20-17)22-10-9-16(21-22)15-8-4-7-14(11-15)13-5-2-1-3-6-13/h3-14H,2H2,1H3;1-12H,(H,23,24). The third-order valence-electron chi connectivity index (χ3n) is 7.79. The van der Waals surface area contributed by atoms with Crippen LogP contribution in [0.25, 0.3) is 55.0 Å². The second-order valence-corrected chi connectivity index (χ2v) is 12.9. The Labute approximate surface area is 306 Å². The summed E-state index contributed by atoms with van der Waals surface area (Å²) in [7, 11) is 0. The Kier molecular flexibility index (Phi) is 10.2. The van der Waals surface area contributed by atoms with Crippen LogP contribution in [0, 0.1) is 0 Å². The van der Waals surface area contributed by atoms with Crippen molar-refractivity contribution < 1.29 is 19.4 Å². The summed E-state index contributed by atoms with van der Waals surface area (Å²) in [5.74, 6) is -1.45. The lowest BCUT2D eigenvalue weighted by atomic mass is 10.0. The van der Waals surface area contributed by atoms with Crippen molar-refractivity contribution >= 4 is 34.6 Å². The minimum Gasteiger partial charge on any atom is -0.476 e. The van der Waals surface area contributed by atoms with Gasteiger partial charge in [0.2, 0.25) is 10.3 Å². The van der Waals surface area contributed by atoms with Gasteiger partial charge in [-0.05, 0) is 53.4 Å². The predicted molar refractivity (Wildman–Crippen MR) is 203 cm³/mol. The third kappa shape index (κ3) is 7.78. The number of thiazole rings is 2. The van der Waals surface area contributed by atoms with E-state index >= 15 is 0 Å². The van der Waals surface area contributed by atoms with E-state index < -0.39 is 11.9 Å². The smallest absolute Gasteiger partial charge is 0.357 e. The molecule has 4 aromatic carbocycles. The molecule has 0 bridgehead atoms. The van der Waals surface area contributed by atoms with Gasteiger partial charge in [0.15, 0.2) is 11.4 Å². The minimum absolute atomic E-state index is 0.0307. The molecule has 4 aromatic heterocycles. The number of aromatic nitrogens is 6. The van der Waals surface area contributed by atoms with Crippen LogP contribution in [-0.2, 0) is 4.74 Å². The summed E-state index contributed by atoms with van der Waals surface area (Å²) >= 11 is 2.60. The number of carbonyl (C=O) groups is 2. The molecule has 0 aliphatic heterocycles. The SMILES string of the molecule is CCOC(=O)c1csc(-n2ccc(-c3cccc(-c4ccccc4)c3)n2)n1.O=C(O)c1csc(-n2ccc(-c3cccc(-c4ccccc4)c3)n2)n1. The number of hydrogen-bond acceptors (Lipinski definition) is 9. The van der Waals surface area contributed by atoms with Gasteiger partial charge in [0, 0.05) is 34.3 Å². The van der Waals surface area contributed by atoms with Gasteiger partial charge in [-0.2, -0.15) is 10.2 Å². The zero-order valence-electron chi connectivity index (χ0n) is 27.7. The normalized spacial score (nSPS) is 10.7. The van der Waals surface area contributed by atoms with E-state index in [4.69, 9.17) is 9.84 Å². The van der Waals surface area contributed by atoms with Crippen molar-refractivity contribution in [2.24, 2.45) is 0 Å². The van der Waals surface area contributed by atoms with Gasteiger partial charge < -0.3 is 9.84 Å². The van der Waals surface area contributed by atoms with Crippen LogP contribution in [-0.4, -0.2) is 53.2 Å². The molecule has 0 fully saturated rings. The fourth-order valence-corrected chi connectivity index (χ4v) is 6.74. The lowest BCUT2D eigenvalue weighted by molar-refractivity contribution is 0.0519. The lowest BCUT2D eigenvalue weighted by Gasteiger charge is -2.04. The van der Waals surface area contributed by atoms with E-state index in [9.17, 15) is 9.59 Å². The van der Waals surface area contributed by atoms with E-state index in [2.05, 4.69) is 68.7 Å². The van der Waals surface area contributed by atoms with Crippen molar-refractivity contribution in [3.05, 3.63) is 156 Å². The molecule has 256 valence electrons. The van der Waals surface area contributed by atoms with Gasteiger partial charge in [-0.3, -0.25) is 0 Å². The highest BCUT2D eigenvalue weighted by molar-refractivity contribution is 7.12. The molecule has 0 unspecified atom stereocenters. The van der Waals surface area contributed by atoms with Crippen LogP contribution < -0.4 is 0 Å². The average molecular weight is 723 g/mol. The Morgan fingerprint density at radius 3 is 1.50 bits per heavy atom. The number of carboxylic acids is 1. The van der Waals surface area contributed by atoms with Gasteiger partial charge in [0.1, 0.15) is 0 Å². The van der Waals surface area contributed by atoms with Gasteiger partial charge in [-0.1, -0.05) is 97.1 Å². The van der Waals surface area contributed by atoms with E-state index in [-0.39, 0.29) is 5.69 Å². The average Bonchev–Trinajstić information content (AvgIpc) is 4.03. The molecular formula is C40H30N6O4S2. The zero-order valence-corrected chi connectivity index (χ0v) is 29.4. The number of nitrogens with zero attached hydrogens (tertiary/aromatic N) is 6. The first-order valence-electron chi connectivity index (χ1n) is 16.2. The van der Waals surface area contributed by atoms with E-state index in [1.807, 2.05) is 79.0 Å². The molecule has 8 rings (SSSR count). The number of carboxylic acid groups (broad SMARTS) is 1. The molecule has 4 heterocycles. The highest BCUT2D eigenvalue weighted by Crippen LogP contribution is 2.28. The number of benzene rings is 4. The maximum absolute atomic E-state index is 11.8. The second kappa shape index (κ2) is 15.6. The summed E-state index contributed by atoms with van der Waals surface area (Å²) in [5.41, 5.74) is 8.59. The Bertz CT molecular complexity index is 2450. The van der Waals surface area contributed by atoms with Crippen LogP contribution in [0.1, 0.15) is 27.9 Å². The molecule has 0 aliphatic rings. The summed E-state index contributed by atoms with van der Waals surface area (Å²) in [6.45, 7) is 2.10. The van der Waals surface area contributed by atoms with Crippen molar-refractivity contribution in [2.75, 3.05) is 6.61 Å². The van der Waals surface area contributed by atoms with Crippen molar-refractivity contribution in [1.82, 2.24) is 29.5 Å². The Morgan fingerprint density at radius 1 is 0.596 bits per heavy atom. The first-order valence-corrected chi connectivity index (χ1v) is 18.0. The number of esters is 1. The van der Waals surface area contributed by atoms with E-state index in [1.54, 1.807) is 27.9 Å². The van der Waals surface area contributed by atoms with Crippen LogP contribution in [0.3, 0.4) is 0 Å². The Hall–Kier alpha value is -6.50. The molecule has 0 saturated carbocycles. The van der Waals surface area contributed by atoms with Gasteiger partial charge in [-0.15, -0.1) is 22.7 Å². The highest BCUT2D eigenvalue weighted by Gasteiger charge is 2.15. The molecule has 0 saturated heterocycles. The Balaban J connectivity index is 0.000000162. The maximum atomic E-state index is 11.8. The highest BCUT2D eigenvalue weighted by atomic mass is 32.1. The fraction of sp³-hybridized carbons (Fsp3) is 0.0500. The summed E-state index contributed by atoms with van der Waals surface area (Å²) in [4.78, 5) is 31.1. The van der Waals surface area contributed by atoms with E-state index in [1.165, 1.54) is 28.1 Å². The predicted octanol–water partition coefficient (Wildman–Crippen LogP) is 9.20. The monoisotopic (exact) mass is 722 g/mol. The molecule has 1 N–H and O–H groups in total. The molecule has 52 heavy (non-hydrogen) atoms. The largest absolute Gasteiger partial charge is 0.476 e. The van der Waals surface area contributed by atoms with Crippen LogP contribution in [0.2, 0.25) is 0 Å². The van der Waals surface area contributed by atoms with Gasteiger partial charge >= 0.3 is 11.9 Å². The molecule has 0 amide bonds. The van der Waals surface area contributed by atoms with Crippen LogP contribution in [0.5, 0.6) is 0 Å². The van der Waals surface area contributed by atoms with Gasteiger partial charge in [0.05, 0.1) is 18.0 Å². The van der Waals surface area contributed by atoms with Gasteiger partial charge in [0.25, 0.3) is 0 Å². The summed E-state index contributed by atoms with van der Waals surface area (Å²) < 4.78 is 8.26. The number of rotatable bonds is 9. The second-order valence-electron chi connectivity index (χ2n) is 11.2. The van der Waals surface area contributed by atoms with Crippen molar-refractivity contribution in [2.45, 2.75) is 6.92 Å². The molecule has 0 radical (unpaired) electrons. The first-order chi connectivity index (χ1) is 25.4. The number of hydrogen-bond donors (Lipinski definition) is 1. The zero-order chi connectivity index (χ0) is 35.9. The number of ether oxygens (including phenoxy) is 1. The van der Waals surface area contributed by atoms with Crippen LogP contribution >= 0.6 is 22.7 Å². The molecule has 0 atom stereocenters. The van der Waals surface area contributed by atoms with Crippen molar-refractivity contribution in [1.29, 1.82) is 0 Å². The molecule has 8 aromatic rings. The molecule has 0 aliphatic carbocycles. The fourth-order valence-electron chi connectivity index (χ4n) is 5.28. The van der Waals surface area contributed by atoms with Gasteiger partial charge in [-0.25, -0.2) is 28.9 Å². The number of aromatic carboxylic acids is 1. The van der Waals surface area contributed by atoms with Crippen molar-refractivity contribution in [3.63, 3.8) is 0 Å². The lowest BCUT2D eigenvalue weighted by Crippen LogP contribution is -2.05. The quantitative estimate of drug-likeness (QED) is 0.146. The summed E-state index contributed by atoms with van der Waals surface area (Å²) in [6, 6.07) is 40.7. The number of carbonyl (C=O) groups excluding carboxylic acids is 1. The van der Waals surface area contributed by atoms with Crippen LogP contribution in [0.15, 0.2) is 144 Å². The molecular weight excluding hydrogens is 693 g/mol. The van der Waals surface area contributed by atoms with Crippen molar-refractivity contribution in [3.8, 4) is 55.0 Å². The van der Waals surface area contributed by atoms with Crippen LogP contribution in [0.4, 0.5) is 0 Å². The minimum atomic E-state index is -1.04. The third-order valence-corrected chi connectivity index (χ3v) is 9.45. The summed E-state index contributed by atoms with van der Waals surface area (Å²) in [6.07, 6.45) is 3.63. The molecule has 12 heteroatoms. The molecule has 10 nitrogen and oxygen atoms in total. The van der Waals surface area contributed by atoms with E-state index in [0.29, 0.717) is 22.6 Å². The maximum Gasteiger partial charge on any atom is 0.357 e.